The highest BCUT2D eigenvalue weighted by atomic mass is 31.1. The third-order valence-electron chi connectivity index (χ3n) is 5.43. The largest absolute Gasteiger partial charge is 0.378 e. The van der Waals surface area contributed by atoms with Crippen LogP contribution >= 0.6 is 8.25 Å². The Bertz CT molecular complexity index is 871. The zero-order valence-electron chi connectivity index (χ0n) is 18.6. The summed E-state index contributed by atoms with van der Waals surface area (Å²) >= 11 is 0. The summed E-state index contributed by atoms with van der Waals surface area (Å²) in [7, 11) is -1.65. The summed E-state index contributed by atoms with van der Waals surface area (Å²) in [4.78, 5) is 47.7. The summed E-state index contributed by atoms with van der Waals surface area (Å²) in [6, 6.07) is 0. The number of unbranched alkanes of at least 4 members (excludes halogenated alkanes) is 4. The van der Waals surface area contributed by atoms with Gasteiger partial charge < -0.3 is 24.2 Å². The predicted molar refractivity (Wildman–Crippen MR) is 118 cm³/mol. The van der Waals surface area contributed by atoms with E-state index in [4.69, 9.17) is 18.9 Å². The lowest BCUT2D eigenvalue weighted by Crippen LogP contribution is -2.35. The normalized spacial score (nSPS) is 21.5. The minimum Gasteiger partial charge on any atom is -0.378 e. The van der Waals surface area contributed by atoms with Gasteiger partial charge in [0.1, 0.15) is 12.3 Å². The molecular weight excluding hydrogens is 441 g/mol. The van der Waals surface area contributed by atoms with Gasteiger partial charge in [0.2, 0.25) is 5.91 Å². The molecule has 0 bridgehead atoms. The Morgan fingerprint density at radius 1 is 1.34 bits per heavy atom. The minimum atomic E-state index is -3.12. The number of aryl methyl sites for hydroxylation is 1. The third kappa shape index (κ3) is 8.29. The lowest BCUT2D eigenvalue weighted by Gasteiger charge is -2.17. The molecule has 1 aromatic rings. The molecule has 1 aromatic heterocycles. The van der Waals surface area contributed by atoms with Crippen LogP contribution in [0.25, 0.3) is 0 Å². The molecule has 4 atom stereocenters. The van der Waals surface area contributed by atoms with Gasteiger partial charge in [-0.25, -0.2) is 4.79 Å². The standard InChI is InChI=1S/C20H34N3O8P/c1-3-4-5-6-7-10-21-17(24)9-8-14-12-23(20(26)22-19(14)25)18-11-15(29-2)16(31-18)13-30-32(27)28/h12,15-16,18,32H,3-11,13H2,1-2H3,(H,21,24)(H,27,28)(H,22,25,26). The third-order valence-corrected chi connectivity index (χ3v) is 5.84. The van der Waals surface area contributed by atoms with Crippen LogP contribution in [-0.2, 0) is 29.8 Å². The van der Waals surface area contributed by atoms with Crippen LogP contribution in [0, 0.1) is 0 Å². The minimum absolute atomic E-state index is 0.129. The van der Waals surface area contributed by atoms with Gasteiger partial charge in [-0.15, -0.1) is 0 Å². The van der Waals surface area contributed by atoms with E-state index in [0.29, 0.717) is 18.5 Å². The first-order valence-corrected chi connectivity index (χ1v) is 12.3. The van der Waals surface area contributed by atoms with Crippen LogP contribution in [0.1, 0.15) is 63.7 Å². The molecule has 0 aromatic carbocycles. The van der Waals surface area contributed by atoms with E-state index < -0.39 is 37.9 Å². The quantitative estimate of drug-likeness (QED) is 0.269. The van der Waals surface area contributed by atoms with Crippen LogP contribution in [-0.4, -0.2) is 52.8 Å². The second-order valence-electron chi connectivity index (χ2n) is 7.80. The Morgan fingerprint density at radius 2 is 2.09 bits per heavy atom. The number of methoxy groups -OCH3 is 1. The number of ether oxygens (including phenoxy) is 2. The van der Waals surface area contributed by atoms with Crippen molar-refractivity contribution in [2.45, 2.75) is 76.7 Å². The van der Waals surface area contributed by atoms with Crippen LogP contribution in [0.2, 0.25) is 0 Å². The molecule has 0 saturated carbocycles. The second kappa shape index (κ2) is 13.7. The zero-order chi connectivity index (χ0) is 23.5. The van der Waals surface area contributed by atoms with Crippen LogP contribution in [0.4, 0.5) is 0 Å². The van der Waals surface area contributed by atoms with E-state index in [-0.39, 0.29) is 25.4 Å². The number of hydrogen-bond acceptors (Lipinski definition) is 7. The highest BCUT2D eigenvalue weighted by molar-refractivity contribution is 7.32. The van der Waals surface area contributed by atoms with E-state index in [2.05, 4.69) is 17.2 Å². The van der Waals surface area contributed by atoms with Crippen LogP contribution in [0.15, 0.2) is 15.8 Å². The number of carbonyl (C=O) groups excluding carboxylic acids is 1. The lowest BCUT2D eigenvalue weighted by molar-refractivity contribution is -0.121. The van der Waals surface area contributed by atoms with Gasteiger partial charge in [-0.05, 0) is 12.8 Å². The maximum absolute atomic E-state index is 12.3. The molecule has 1 aliphatic rings. The average molecular weight is 475 g/mol. The number of nitrogens with zero attached hydrogens (tertiary/aromatic N) is 1. The Morgan fingerprint density at radius 3 is 2.78 bits per heavy atom. The van der Waals surface area contributed by atoms with E-state index in [9.17, 15) is 18.9 Å². The zero-order valence-corrected chi connectivity index (χ0v) is 19.6. The number of rotatable bonds is 14. The van der Waals surface area contributed by atoms with Crippen molar-refractivity contribution in [2.24, 2.45) is 0 Å². The van der Waals surface area contributed by atoms with Gasteiger partial charge in [-0.2, -0.15) is 0 Å². The molecule has 1 saturated heterocycles. The Hall–Kier alpha value is -1.78. The molecule has 1 amide bonds. The van der Waals surface area contributed by atoms with Crippen molar-refractivity contribution in [3.63, 3.8) is 0 Å². The molecule has 0 aliphatic carbocycles. The molecule has 0 spiro atoms. The first-order chi connectivity index (χ1) is 15.3. The van der Waals surface area contributed by atoms with Gasteiger partial charge in [-0.3, -0.25) is 23.7 Å². The molecule has 32 heavy (non-hydrogen) atoms. The number of aromatic nitrogens is 2. The first-order valence-electron chi connectivity index (χ1n) is 11.0. The molecular formula is C20H34N3O8P. The number of amides is 1. The Balaban J connectivity index is 1.95. The van der Waals surface area contributed by atoms with E-state index in [1.165, 1.54) is 30.7 Å². The maximum Gasteiger partial charge on any atom is 0.330 e. The van der Waals surface area contributed by atoms with E-state index in [0.717, 1.165) is 19.3 Å². The summed E-state index contributed by atoms with van der Waals surface area (Å²) in [5, 5.41) is 2.85. The molecule has 2 rings (SSSR count). The Kier molecular flexibility index (Phi) is 11.3. The molecule has 1 fully saturated rings. The SMILES string of the molecule is CCCCCCCNC(=O)CCc1cn(C2CC(OC)C(CO[PH](=O)O)O2)c(=O)[nH]c1=O. The molecule has 0 radical (unpaired) electrons. The van der Waals surface area contributed by atoms with Gasteiger partial charge >= 0.3 is 13.9 Å². The van der Waals surface area contributed by atoms with Crippen molar-refractivity contribution in [3.05, 3.63) is 32.6 Å². The summed E-state index contributed by atoms with van der Waals surface area (Å²) < 4.78 is 27.9. The van der Waals surface area contributed by atoms with Gasteiger partial charge in [-0.1, -0.05) is 32.6 Å². The maximum atomic E-state index is 12.3. The number of carbonyl (C=O) groups is 1. The fourth-order valence-corrected chi connectivity index (χ4v) is 3.94. The fourth-order valence-electron chi connectivity index (χ4n) is 3.63. The average Bonchev–Trinajstić information content (AvgIpc) is 3.17. The summed E-state index contributed by atoms with van der Waals surface area (Å²) in [6.07, 6.45) is 5.67. The molecule has 4 unspecified atom stereocenters. The van der Waals surface area contributed by atoms with E-state index in [1.807, 2.05) is 0 Å². The lowest BCUT2D eigenvalue weighted by atomic mass is 10.1. The Labute approximate surface area is 187 Å². The number of H-pyrrole nitrogens is 1. The van der Waals surface area contributed by atoms with Crippen molar-refractivity contribution in [3.8, 4) is 0 Å². The number of hydrogen-bond donors (Lipinski definition) is 3. The van der Waals surface area contributed by atoms with Gasteiger partial charge in [0.15, 0.2) is 0 Å². The molecule has 2 heterocycles. The number of nitrogens with one attached hydrogen (secondary N) is 2. The molecule has 11 nitrogen and oxygen atoms in total. The summed E-state index contributed by atoms with van der Waals surface area (Å²) in [5.74, 6) is -0.148. The monoisotopic (exact) mass is 475 g/mol. The highest BCUT2D eigenvalue weighted by Gasteiger charge is 2.37. The van der Waals surface area contributed by atoms with Gasteiger partial charge in [0.25, 0.3) is 5.56 Å². The van der Waals surface area contributed by atoms with Crippen molar-refractivity contribution in [2.75, 3.05) is 20.3 Å². The summed E-state index contributed by atoms with van der Waals surface area (Å²) in [6.45, 7) is 2.60. The van der Waals surface area contributed by atoms with Crippen molar-refractivity contribution >= 4 is 14.2 Å². The molecule has 1 aliphatic heterocycles. The van der Waals surface area contributed by atoms with Crippen molar-refractivity contribution in [1.29, 1.82) is 0 Å². The smallest absolute Gasteiger partial charge is 0.330 e. The van der Waals surface area contributed by atoms with Crippen LogP contribution < -0.4 is 16.6 Å². The topological polar surface area (TPSA) is 149 Å². The molecule has 3 N–H and O–H groups in total. The van der Waals surface area contributed by atoms with Gasteiger partial charge in [0.05, 0.1) is 12.7 Å². The summed E-state index contributed by atoms with van der Waals surface area (Å²) in [5.41, 5.74) is -0.897. The van der Waals surface area contributed by atoms with Crippen LogP contribution in [0.3, 0.4) is 0 Å². The van der Waals surface area contributed by atoms with Crippen molar-refractivity contribution < 1.29 is 28.3 Å². The number of aromatic amines is 1. The van der Waals surface area contributed by atoms with Crippen molar-refractivity contribution in [1.82, 2.24) is 14.9 Å². The highest BCUT2D eigenvalue weighted by Crippen LogP contribution is 2.31. The second-order valence-corrected chi connectivity index (χ2v) is 8.62. The van der Waals surface area contributed by atoms with Crippen LogP contribution in [0.5, 0.6) is 0 Å². The first kappa shape index (κ1) is 26.5. The van der Waals surface area contributed by atoms with E-state index >= 15 is 0 Å². The predicted octanol–water partition coefficient (Wildman–Crippen LogP) is 1.26. The molecule has 182 valence electrons. The van der Waals surface area contributed by atoms with Gasteiger partial charge in [0, 0.05) is 38.3 Å². The van der Waals surface area contributed by atoms with E-state index in [1.54, 1.807) is 0 Å². The fraction of sp³-hybridized carbons (Fsp3) is 0.750. The molecule has 12 heteroatoms.